The van der Waals surface area contributed by atoms with E-state index in [1.54, 1.807) is 6.92 Å². The largest absolute Gasteiger partial charge is 0.369 e. The van der Waals surface area contributed by atoms with Crippen molar-refractivity contribution in [3.05, 3.63) is 23.5 Å². The maximum atomic E-state index is 13.5. The second-order valence-corrected chi connectivity index (χ2v) is 5.13. The third-order valence-electron chi connectivity index (χ3n) is 3.73. The summed E-state index contributed by atoms with van der Waals surface area (Å²) >= 11 is 0. The number of likely N-dealkylation sites (N-methyl/N-ethyl adjacent to an activating group) is 1. The second kappa shape index (κ2) is 3.95. The summed E-state index contributed by atoms with van der Waals surface area (Å²) in [6, 6.07) is 3.65. The van der Waals surface area contributed by atoms with Gasteiger partial charge in [-0.05, 0) is 38.6 Å². The number of fused-ring (bicyclic) bond motifs is 1. The molecule has 1 atom stereocenters. The average Bonchev–Trinajstić information content (AvgIpc) is 2.83. The summed E-state index contributed by atoms with van der Waals surface area (Å²) in [6.07, 6.45) is 1.06. The number of anilines is 1. The van der Waals surface area contributed by atoms with Gasteiger partial charge in [0.25, 0.3) is 0 Å². The van der Waals surface area contributed by atoms with E-state index in [1.807, 2.05) is 10.6 Å². The Kier molecular flexibility index (Phi) is 2.52. The maximum absolute atomic E-state index is 13.5. The van der Waals surface area contributed by atoms with Crippen molar-refractivity contribution in [1.29, 1.82) is 0 Å². The van der Waals surface area contributed by atoms with Crippen molar-refractivity contribution < 1.29 is 4.39 Å². The Morgan fingerprint density at radius 1 is 1.44 bits per heavy atom. The van der Waals surface area contributed by atoms with Gasteiger partial charge in [0.15, 0.2) is 0 Å². The van der Waals surface area contributed by atoms with Crippen molar-refractivity contribution in [2.75, 3.05) is 25.9 Å². The second-order valence-electron chi connectivity index (χ2n) is 5.13. The molecule has 1 aliphatic heterocycles. The molecule has 3 rings (SSSR count). The highest BCUT2D eigenvalue weighted by molar-refractivity contribution is 5.79. The molecule has 1 aromatic heterocycles. The van der Waals surface area contributed by atoms with Crippen LogP contribution < -0.4 is 5.73 Å². The molecule has 1 fully saturated rings. The van der Waals surface area contributed by atoms with Crippen LogP contribution >= 0.6 is 0 Å². The molecular formula is C13H17FN4. The molecule has 2 heterocycles. The molecule has 0 spiro atoms. The minimum Gasteiger partial charge on any atom is -0.369 e. The number of nitrogens with zero attached hydrogens (tertiary/aromatic N) is 3. The zero-order valence-electron chi connectivity index (χ0n) is 10.7. The monoisotopic (exact) mass is 248 g/mol. The number of rotatable bonds is 1. The van der Waals surface area contributed by atoms with Gasteiger partial charge in [-0.3, -0.25) is 0 Å². The van der Waals surface area contributed by atoms with E-state index in [0.717, 1.165) is 25.0 Å². The number of nitrogens with two attached hydrogens (primary N) is 1. The summed E-state index contributed by atoms with van der Waals surface area (Å²) in [7, 11) is 2.10. The van der Waals surface area contributed by atoms with Crippen molar-refractivity contribution >= 4 is 17.0 Å². The van der Waals surface area contributed by atoms with Crippen LogP contribution in [-0.4, -0.2) is 34.6 Å². The molecule has 2 N–H and O–H groups in total. The van der Waals surface area contributed by atoms with Crippen molar-refractivity contribution in [1.82, 2.24) is 14.5 Å². The van der Waals surface area contributed by atoms with Gasteiger partial charge in [0, 0.05) is 12.6 Å². The van der Waals surface area contributed by atoms with Crippen LogP contribution in [0.5, 0.6) is 0 Å². The highest BCUT2D eigenvalue weighted by Crippen LogP contribution is 2.29. The number of imidazole rings is 1. The molecule has 0 amide bonds. The quantitative estimate of drug-likeness (QED) is 0.839. The topological polar surface area (TPSA) is 47.1 Å². The number of halogens is 1. The van der Waals surface area contributed by atoms with Gasteiger partial charge in [-0.2, -0.15) is 0 Å². The molecule has 1 aliphatic rings. The molecule has 1 aromatic carbocycles. The predicted molar refractivity (Wildman–Crippen MR) is 70.0 cm³/mol. The lowest BCUT2D eigenvalue weighted by Crippen LogP contribution is -2.17. The fourth-order valence-electron chi connectivity index (χ4n) is 2.75. The molecule has 0 radical (unpaired) electrons. The number of benzene rings is 1. The molecular weight excluding hydrogens is 231 g/mol. The molecule has 2 aromatic rings. The molecule has 1 unspecified atom stereocenters. The first-order chi connectivity index (χ1) is 8.56. The maximum Gasteiger partial charge on any atom is 0.201 e. The van der Waals surface area contributed by atoms with E-state index < -0.39 is 0 Å². The number of aryl methyl sites for hydroxylation is 1. The van der Waals surface area contributed by atoms with Crippen LogP contribution in [0, 0.1) is 12.7 Å². The summed E-state index contributed by atoms with van der Waals surface area (Å²) < 4.78 is 15.6. The van der Waals surface area contributed by atoms with Crippen LogP contribution in [0.4, 0.5) is 10.3 Å². The number of likely N-dealkylation sites (tertiary alicyclic amines) is 1. The summed E-state index contributed by atoms with van der Waals surface area (Å²) in [5.41, 5.74) is 8.20. The van der Waals surface area contributed by atoms with E-state index in [4.69, 9.17) is 5.73 Å². The average molecular weight is 248 g/mol. The fourth-order valence-corrected chi connectivity index (χ4v) is 2.75. The standard InChI is InChI=1S/C13H17FN4/c1-8-5-12-11(6-10(8)14)16-13(15)18(12)9-3-4-17(2)7-9/h5-6,9H,3-4,7H2,1-2H3,(H2,15,16). The predicted octanol–water partition coefficient (Wildman–Crippen LogP) is 1.94. The van der Waals surface area contributed by atoms with Gasteiger partial charge < -0.3 is 15.2 Å². The Morgan fingerprint density at radius 3 is 2.89 bits per heavy atom. The van der Waals surface area contributed by atoms with Gasteiger partial charge in [0.2, 0.25) is 5.95 Å². The van der Waals surface area contributed by atoms with Crippen molar-refractivity contribution in [2.24, 2.45) is 0 Å². The SMILES string of the molecule is Cc1cc2c(cc1F)nc(N)n2C1CCN(C)C1. The van der Waals surface area contributed by atoms with Gasteiger partial charge >= 0.3 is 0 Å². The van der Waals surface area contributed by atoms with Crippen LogP contribution in [0.15, 0.2) is 12.1 Å². The molecule has 5 heteroatoms. The molecule has 96 valence electrons. The summed E-state index contributed by atoms with van der Waals surface area (Å²) in [5.74, 6) is 0.256. The van der Waals surface area contributed by atoms with Crippen LogP contribution in [0.3, 0.4) is 0 Å². The van der Waals surface area contributed by atoms with E-state index >= 15 is 0 Å². The highest BCUT2D eigenvalue weighted by Gasteiger charge is 2.24. The van der Waals surface area contributed by atoms with Gasteiger partial charge in [0.05, 0.1) is 17.1 Å². The summed E-state index contributed by atoms with van der Waals surface area (Å²) in [4.78, 5) is 6.54. The summed E-state index contributed by atoms with van der Waals surface area (Å²) in [5, 5.41) is 0. The third kappa shape index (κ3) is 1.66. The van der Waals surface area contributed by atoms with Crippen molar-refractivity contribution in [3.8, 4) is 0 Å². The van der Waals surface area contributed by atoms with Crippen LogP contribution in [0.1, 0.15) is 18.0 Å². The minimum atomic E-state index is -0.226. The fraction of sp³-hybridized carbons (Fsp3) is 0.462. The first-order valence-electron chi connectivity index (χ1n) is 6.18. The number of aromatic nitrogens is 2. The Labute approximate surface area is 105 Å². The van der Waals surface area contributed by atoms with E-state index in [2.05, 4.69) is 16.9 Å². The number of nitrogen functional groups attached to an aromatic ring is 1. The Morgan fingerprint density at radius 2 is 2.22 bits per heavy atom. The molecule has 0 aliphatic carbocycles. The van der Waals surface area contributed by atoms with Crippen molar-refractivity contribution in [2.45, 2.75) is 19.4 Å². The van der Waals surface area contributed by atoms with Gasteiger partial charge in [-0.25, -0.2) is 9.37 Å². The van der Waals surface area contributed by atoms with Gasteiger partial charge in [0.1, 0.15) is 5.82 Å². The third-order valence-corrected chi connectivity index (χ3v) is 3.73. The lowest BCUT2D eigenvalue weighted by molar-refractivity contribution is 0.396. The first kappa shape index (κ1) is 11.5. The normalized spacial score (nSPS) is 20.9. The molecule has 18 heavy (non-hydrogen) atoms. The highest BCUT2D eigenvalue weighted by atomic mass is 19.1. The molecule has 0 bridgehead atoms. The summed E-state index contributed by atoms with van der Waals surface area (Å²) in [6.45, 7) is 3.79. The Hall–Kier alpha value is -1.62. The molecule has 0 saturated carbocycles. The van der Waals surface area contributed by atoms with E-state index in [0.29, 0.717) is 23.1 Å². The van der Waals surface area contributed by atoms with E-state index in [-0.39, 0.29) is 5.82 Å². The molecule has 4 nitrogen and oxygen atoms in total. The smallest absolute Gasteiger partial charge is 0.201 e. The van der Waals surface area contributed by atoms with Crippen LogP contribution in [0.25, 0.3) is 11.0 Å². The number of hydrogen-bond donors (Lipinski definition) is 1. The molecule has 1 saturated heterocycles. The first-order valence-corrected chi connectivity index (χ1v) is 6.18. The van der Waals surface area contributed by atoms with Crippen LogP contribution in [0.2, 0.25) is 0 Å². The number of hydrogen-bond acceptors (Lipinski definition) is 3. The zero-order chi connectivity index (χ0) is 12.9. The van der Waals surface area contributed by atoms with E-state index in [9.17, 15) is 4.39 Å². The van der Waals surface area contributed by atoms with Gasteiger partial charge in [-0.15, -0.1) is 0 Å². The Bertz CT molecular complexity index is 605. The lowest BCUT2D eigenvalue weighted by atomic mass is 10.2. The lowest BCUT2D eigenvalue weighted by Gasteiger charge is -2.15. The zero-order valence-corrected chi connectivity index (χ0v) is 10.7. The minimum absolute atomic E-state index is 0.226. The van der Waals surface area contributed by atoms with Gasteiger partial charge in [-0.1, -0.05) is 0 Å². The van der Waals surface area contributed by atoms with Crippen molar-refractivity contribution in [3.63, 3.8) is 0 Å². The van der Waals surface area contributed by atoms with E-state index in [1.165, 1.54) is 6.07 Å². The van der Waals surface area contributed by atoms with Crippen LogP contribution in [-0.2, 0) is 0 Å². The Balaban J connectivity index is 2.16.